The van der Waals surface area contributed by atoms with E-state index in [4.69, 9.17) is 0 Å². The molecule has 0 aromatic carbocycles. The number of aromatic amines is 1. The lowest BCUT2D eigenvalue weighted by Gasteiger charge is -2.43. The van der Waals surface area contributed by atoms with Crippen molar-refractivity contribution in [1.29, 1.82) is 0 Å². The second kappa shape index (κ2) is 4.05. The zero-order chi connectivity index (χ0) is 12.8. The lowest BCUT2D eigenvalue weighted by atomic mass is 9.68. The van der Waals surface area contributed by atoms with Gasteiger partial charge in [0.25, 0.3) is 0 Å². The molecule has 0 saturated heterocycles. The van der Waals surface area contributed by atoms with Crippen LogP contribution in [0.25, 0.3) is 0 Å². The molecular formula is C14H24N4. The lowest BCUT2D eigenvalue weighted by Crippen LogP contribution is -2.50. The number of H-pyrrole nitrogens is 1. The second-order valence-electron chi connectivity index (χ2n) is 6.98. The Hall–Kier alpha value is -0.900. The van der Waals surface area contributed by atoms with Gasteiger partial charge in [0.1, 0.15) is 12.2 Å². The normalized spacial score (nSPS) is 37.3. The van der Waals surface area contributed by atoms with Crippen LogP contribution in [0.3, 0.4) is 0 Å². The van der Waals surface area contributed by atoms with Crippen molar-refractivity contribution >= 4 is 0 Å². The smallest absolute Gasteiger partial charge is 0.137 e. The molecule has 2 aliphatic carbocycles. The molecule has 1 heterocycles. The molecule has 0 aliphatic heterocycles. The van der Waals surface area contributed by atoms with E-state index in [0.717, 1.165) is 24.7 Å². The first-order chi connectivity index (χ1) is 8.52. The van der Waals surface area contributed by atoms with Crippen molar-refractivity contribution in [3.63, 3.8) is 0 Å². The summed E-state index contributed by atoms with van der Waals surface area (Å²) in [6, 6.07) is 0.645. The fourth-order valence-electron chi connectivity index (χ4n) is 4.50. The Kier molecular flexibility index (Phi) is 2.73. The van der Waals surface area contributed by atoms with Crippen molar-refractivity contribution in [3.05, 3.63) is 12.2 Å². The van der Waals surface area contributed by atoms with Gasteiger partial charge in [-0.05, 0) is 36.0 Å². The maximum atomic E-state index is 4.18. The molecule has 1 aromatic heterocycles. The van der Waals surface area contributed by atoms with Gasteiger partial charge >= 0.3 is 0 Å². The molecule has 18 heavy (non-hydrogen) atoms. The molecule has 0 amide bonds. The molecule has 2 bridgehead atoms. The fraction of sp³-hybridized carbons (Fsp3) is 0.857. The average molecular weight is 248 g/mol. The molecular weight excluding hydrogens is 224 g/mol. The van der Waals surface area contributed by atoms with Crippen molar-refractivity contribution < 1.29 is 0 Å². The van der Waals surface area contributed by atoms with Crippen molar-refractivity contribution in [2.24, 2.45) is 16.7 Å². The monoisotopic (exact) mass is 248 g/mol. The van der Waals surface area contributed by atoms with Gasteiger partial charge in [-0.25, -0.2) is 4.98 Å². The van der Waals surface area contributed by atoms with Gasteiger partial charge in [0.2, 0.25) is 0 Å². The molecule has 4 nitrogen and oxygen atoms in total. The summed E-state index contributed by atoms with van der Waals surface area (Å²) < 4.78 is 0. The largest absolute Gasteiger partial charge is 0.312 e. The third-order valence-electron chi connectivity index (χ3n) is 5.44. The van der Waals surface area contributed by atoms with E-state index in [1.54, 1.807) is 6.33 Å². The van der Waals surface area contributed by atoms with Gasteiger partial charge in [-0.3, -0.25) is 5.10 Å². The van der Waals surface area contributed by atoms with Crippen LogP contribution < -0.4 is 5.32 Å². The van der Waals surface area contributed by atoms with Gasteiger partial charge in [-0.1, -0.05) is 20.8 Å². The van der Waals surface area contributed by atoms with E-state index in [1.807, 2.05) is 0 Å². The summed E-state index contributed by atoms with van der Waals surface area (Å²) in [4.78, 5) is 4.18. The quantitative estimate of drug-likeness (QED) is 0.858. The minimum atomic E-state index is 0.439. The number of aromatic nitrogens is 3. The standard InChI is InChI=1S/C14H24N4/c1-13(2)10-4-6-14(3,8-10)12(13)15-7-5-11-16-9-17-18-11/h9-10,12,15H,4-8H2,1-3H3,(H,16,17,18)/t10-,12?,14+/m0/s1. The van der Waals surface area contributed by atoms with Crippen molar-refractivity contribution in [3.8, 4) is 0 Å². The molecule has 0 radical (unpaired) electrons. The Bertz CT molecular complexity index is 407. The first-order valence-corrected chi connectivity index (χ1v) is 7.10. The third kappa shape index (κ3) is 1.78. The van der Waals surface area contributed by atoms with Crippen LogP contribution in [0.1, 0.15) is 45.9 Å². The van der Waals surface area contributed by atoms with Crippen LogP contribution in [-0.2, 0) is 6.42 Å². The van der Waals surface area contributed by atoms with Crippen molar-refractivity contribution in [2.75, 3.05) is 6.54 Å². The number of hydrogen-bond acceptors (Lipinski definition) is 3. The van der Waals surface area contributed by atoms with Gasteiger partial charge in [0, 0.05) is 19.0 Å². The number of nitrogens with one attached hydrogen (secondary N) is 2. The highest BCUT2D eigenvalue weighted by Crippen LogP contribution is 2.62. The molecule has 2 fully saturated rings. The SMILES string of the molecule is CC1(C)C(NCCc2ncn[nH]2)[C@]2(C)CC[C@H]1C2. The Morgan fingerprint density at radius 2 is 2.28 bits per heavy atom. The predicted molar refractivity (Wildman–Crippen MR) is 71.1 cm³/mol. The van der Waals surface area contributed by atoms with Crippen LogP contribution in [-0.4, -0.2) is 27.8 Å². The summed E-state index contributed by atoms with van der Waals surface area (Å²) in [5.41, 5.74) is 0.948. The number of hydrogen-bond donors (Lipinski definition) is 2. The van der Waals surface area contributed by atoms with E-state index in [2.05, 4.69) is 41.3 Å². The van der Waals surface area contributed by atoms with Gasteiger partial charge in [0.15, 0.2) is 0 Å². The predicted octanol–water partition coefficient (Wildman–Crippen LogP) is 2.15. The number of fused-ring (bicyclic) bond motifs is 2. The average Bonchev–Trinajstić information content (AvgIpc) is 2.96. The molecule has 3 atom stereocenters. The van der Waals surface area contributed by atoms with E-state index in [1.165, 1.54) is 19.3 Å². The number of nitrogens with zero attached hydrogens (tertiary/aromatic N) is 2. The minimum Gasteiger partial charge on any atom is -0.312 e. The summed E-state index contributed by atoms with van der Waals surface area (Å²) in [5.74, 6) is 1.89. The van der Waals surface area contributed by atoms with E-state index in [0.29, 0.717) is 16.9 Å². The topological polar surface area (TPSA) is 53.6 Å². The summed E-state index contributed by atoms with van der Waals surface area (Å²) in [6.07, 6.45) is 6.73. The van der Waals surface area contributed by atoms with Crippen LogP contribution >= 0.6 is 0 Å². The second-order valence-corrected chi connectivity index (χ2v) is 6.98. The molecule has 0 spiro atoms. The first-order valence-electron chi connectivity index (χ1n) is 7.10. The van der Waals surface area contributed by atoms with E-state index >= 15 is 0 Å². The Balaban J connectivity index is 1.62. The van der Waals surface area contributed by atoms with E-state index in [-0.39, 0.29) is 0 Å². The van der Waals surface area contributed by atoms with Crippen LogP contribution in [0.5, 0.6) is 0 Å². The van der Waals surface area contributed by atoms with Crippen molar-refractivity contribution in [2.45, 2.75) is 52.5 Å². The zero-order valence-corrected chi connectivity index (χ0v) is 11.7. The lowest BCUT2D eigenvalue weighted by molar-refractivity contribution is 0.110. The number of rotatable bonds is 4. The Labute approximate surface area is 109 Å². The maximum absolute atomic E-state index is 4.18. The molecule has 2 aliphatic rings. The fourth-order valence-corrected chi connectivity index (χ4v) is 4.50. The van der Waals surface area contributed by atoms with Gasteiger partial charge in [-0.2, -0.15) is 5.10 Å². The summed E-state index contributed by atoms with van der Waals surface area (Å²) in [5, 5.41) is 10.6. The summed E-state index contributed by atoms with van der Waals surface area (Å²) in [6.45, 7) is 8.34. The highest BCUT2D eigenvalue weighted by atomic mass is 15.2. The van der Waals surface area contributed by atoms with E-state index in [9.17, 15) is 0 Å². The Morgan fingerprint density at radius 3 is 2.89 bits per heavy atom. The molecule has 100 valence electrons. The molecule has 1 unspecified atom stereocenters. The summed E-state index contributed by atoms with van der Waals surface area (Å²) >= 11 is 0. The maximum Gasteiger partial charge on any atom is 0.137 e. The molecule has 1 aromatic rings. The first kappa shape index (κ1) is 12.2. The molecule has 2 N–H and O–H groups in total. The molecule has 3 rings (SSSR count). The van der Waals surface area contributed by atoms with E-state index < -0.39 is 0 Å². The van der Waals surface area contributed by atoms with Crippen molar-refractivity contribution in [1.82, 2.24) is 20.5 Å². The zero-order valence-electron chi connectivity index (χ0n) is 11.7. The van der Waals surface area contributed by atoms with Crippen LogP contribution in [0.2, 0.25) is 0 Å². The molecule has 4 heteroatoms. The van der Waals surface area contributed by atoms with Crippen LogP contribution in [0, 0.1) is 16.7 Å². The van der Waals surface area contributed by atoms with Crippen LogP contribution in [0.4, 0.5) is 0 Å². The minimum absolute atomic E-state index is 0.439. The Morgan fingerprint density at radius 1 is 1.44 bits per heavy atom. The highest BCUT2D eigenvalue weighted by Gasteiger charge is 2.58. The van der Waals surface area contributed by atoms with Gasteiger partial charge in [-0.15, -0.1) is 0 Å². The highest BCUT2D eigenvalue weighted by molar-refractivity contribution is 5.12. The summed E-state index contributed by atoms with van der Waals surface area (Å²) in [7, 11) is 0. The van der Waals surface area contributed by atoms with Crippen LogP contribution in [0.15, 0.2) is 6.33 Å². The van der Waals surface area contributed by atoms with Gasteiger partial charge in [0.05, 0.1) is 0 Å². The van der Waals surface area contributed by atoms with Gasteiger partial charge < -0.3 is 5.32 Å². The molecule has 2 saturated carbocycles. The third-order valence-corrected chi connectivity index (χ3v) is 5.44.